The third kappa shape index (κ3) is 5.17. The number of aliphatic hydroxyl groups is 1. The first-order chi connectivity index (χ1) is 14.4. The average molecular weight is 433 g/mol. The number of allylic oxidation sites excluding steroid dienone is 1. The molecule has 1 heterocycles. The predicted molar refractivity (Wildman–Crippen MR) is 112 cm³/mol. The summed E-state index contributed by atoms with van der Waals surface area (Å²) in [6.45, 7) is 2.08. The number of nitrogens with zero attached hydrogens (tertiary/aromatic N) is 1. The van der Waals surface area contributed by atoms with Gasteiger partial charge in [0.05, 0.1) is 17.7 Å². The van der Waals surface area contributed by atoms with Crippen LogP contribution in [-0.4, -0.2) is 35.0 Å². The highest BCUT2D eigenvalue weighted by Crippen LogP contribution is 2.33. The number of halogens is 2. The lowest BCUT2D eigenvalue weighted by Crippen LogP contribution is -2.37. The normalized spacial score (nSPS) is 15.9. The van der Waals surface area contributed by atoms with Crippen LogP contribution in [0.5, 0.6) is 5.75 Å². The third-order valence-corrected chi connectivity index (χ3v) is 5.02. The molecule has 1 aliphatic rings. The van der Waals surface area contributed by atoms with E-state index in [9.17, 15) is 14.0 Å². The summed E-state index contributed by atoms with van der Waals surface area (Å²) in [5.41, 5.74) is 1.90. The summed E-state index contributed by atoms with van der Waals surface area (Å²) < 4.78 is 18.9. The number of carbonyl (C=O) groups excluding carboxylic acids is 2. The largest absolute Gasteiger partial charge is 0.492 e. The Hall–Kier alpha value is -2.90. The van der Waals surface area contributed by atoms with Gasteiger partial charge in [0.1, 0.15) is 11.6 Å². The number of benzene rings is 2. The highest BCUT2D eigenvalue weighted by molar-refractivity contribution is 6.32. The van der Waals surface area contributed by atoms with Crippen LogP contribution in [0, 0.1) is 12.7 Å². The second-order valence-corrected chi connectivity index (χ2v) is 7.32. The Morgan fingerprint density at radius 2 is 2.07 bits per heavy atom. The zero-order valence-electron chi connectivity index (χ0n) is 16.4. The lowest BCUT2D eigenvalue weighted by Gasteiger charge is -2.31. The molecule has 2 amide bonds. The molecule has 30 heavy (non-hydrogen) atoms. The van der Waals surface area contributed by atoms with Crippen molar-refractivity contribution in [2.24, 2.45) is 0 Å². The second-order valence-electron chi connectivity index (χ2n) is 6.91. The molecule has 0 radical (unpaired) electrons. The van der Waals surface area contributed by atoms with Gasteiger partial charge in [0.25, 0.3) is 0 Å². The predicted octanol–water partition coefficient (Wildman–Crippen LogP) is 4.61. The fraction of sp³-hybridized carbons (Fsp3) is 0.273. The topological polar surface area (TPSA) is 78.9 Å². The molecule has 0 unspecified atom stereocenters. The monoisotopic (exact) mass is 432 g/mol. The molecule has 0 bridgehead atoms. The van der Waals surface area contributed by atoms with E-state index in [0.29, 0.717) is 28.4 Å². The summed E-state index contributed by atoms with van der Waals surface area (Å²) in [5, 5.41) is 12.1. The SMILES string of the molecule is Cc1cc(Cl)c(OCCCO)cc1NC(=O)N1C=CC(=O)C[C@H]1c1ccc(F)cc1. The highest BCUT2D eigenvalue weighted by atomic mass is 35.5. The average Bonchev–Trinajstić information content (AvgIpc) is 2.71. The van der Waals surface area contributed by atoms with Crippen LogP contribution in [-0.2, 0) is 4.79 Å². The molecule has 0 fully saturated rings. The summed E-state index contributed by atoms with van der Waals surface area (Å²) in [7, 11) is 0. The zero-order valence-corrected chi connectivity index (χ0v) is 17.2. The molecule has 0 spiro atoms. The van der Waals surface area contributed by atoms with Gasteiger partial charge in [-0.25, -0.2) is 9.18 Å². The summed E-state index contributed by atoms with van der Waals surface area (Å²) in [4.78, 5) is 26.4. The number of anilines is 1. The second kappa shape index (κ2) is 9.73. The van der Waals surface area contributed by atoms with Crippen LogP contribution in [0.4, 0.5) is 14.9 Å². The lowest BCUT2D eigenvalue weighted by molar-refractivity contribution is -0.116. The van der Waals surface area contributed by atoms with Gasteiger partial charge in [0.15, 0.2) is 5.78 Å². The smallest absolute Gasteiger partial charge is 0.326 e. The number of aliphatic hydroxyl groups excluding tert-OH is 1. The van der Waals surface area contributed by atoms with E-state index in [2.05, 4.69) is 5.32 Å². The lowest BCUT2D eigenvalue weighted by atomic mass is 9.97. The number of amides is 2. The number of aryl methyl sites for hydroxylation is 1. The molecule has 0 aliphatic carbocycles. The van der Waals surface area contributed by atoms with Crippen molar-refractivity contribution in [2.45, 2.75) is 25.8 Å². The van der Waals surface area contributed by atoms with E-state index in [4.69, 9.17) is 21.4 Å². The van der Waals surface area contributed by atoms with E-state index >= 15 is 0 Å². The number of hydrogen-bond acceptors (Lipinski definition) is 4. The molecule has 0 saturated heterocycles. The third-order valence-electron chi connectivity index (χ3n) is 4.72. The molecule has 1 atom stereocenters. The Balaban J connectivity index is 1.82. The number of urea groups is 1. The minimum absolute atomic E-state index is 0.00212. The van der Waals surface area contributed by atoms with Crippen molar-refractivity contribution in [3.05, 3.63) is 70.6 Å². The first-order valence-electron chi connectivity index (χ1n) is 9.48. The van der Waals surface area contributed by atoms with Gasteiger partial charge >= 0.3 is 6.03 Å². The van der Waals surface area contributed by atoms with Crippen molar-refractivity contribution in [1.29, 1.82) is 0 Å². The standard InChI is InChI=1S/C22H22ClFN2O4/c1-14-11-18(23)21(30-10-2-9-27)13-19(14)25-22(29)26-8-7-17(28)12-20(26)15-3-5-16(24)6-4-15/h3-8,11,13,20,27H,2,9-10,12H2,1H3,(H,25,29)/t20-/m0/s1. The molecular weight excluding hydrogens is 411 g/mol. The maximum atomic E-state index is 13.3. The van der Waals surface area contributed by atoms with Crippen LogP contribution < -0.4 is 10.1 Å². The van der Waals surface area contributed by atoms with Gasteiger partial charge < -0.3 is 15.2 Å². The van der Waals surface area contributed by atoms with Gasteiger partial charge in [0.2, 0.25) is 0 Å². The Labute approximate surface area is 178 Å². The van der Waals surface area contributed by atoms with Gasteiger partial charge in [0, 0.05) is 37.4 Å². The van der Waals surface area contributed by atoms with Gasteiger partial charge in [-0.3, -0.25) is 9.69 Å². The minimum atomic E-state index is -0.545. The maximum absolute atomic E-state index is 13.3. The summed E-state index contributed by atoms with van der Waals surface area (Å²) in [5.74, 6) is -0.112. The van der Waals surface area contributed by atoms with Gasteiger partial charge in [-0.05, 0) is 42.3 Å². The van der Waals surface area contributed by atoms with E-state index in [1.54, 1.807) is 31.2 Å². The van der Waals surface area contributed by atoms with Crippen molar-refractivity contribution >= 4 is 29.1 Å². The maximum Gasteiger partial charge on any atom is 0.326 e. The van der Waals surface area contributed by atoms with Gasteiger partial charge in [-0.15, -0.1) is 0 Å². The fourth-order valence-corrected chi connectivity index (χ4v) is 3.39. The summed E-state index contributed by atoms with van der Waals surface area (Å²) in [6.07, 6.45) is 3.33. The molecule has 1 aliphatic heterocycles. The summed E-state index contributed by atoms with van der Waals surface area (Å²) >= 11 is 6.21. The molecule has 158 valence electrons. The number of hydrogen-bond donors (Lipinski definition) is 2. The molecule has 6 nitrogen and oxygen atoms in total. The number of carbonyl (C=O) groups is 2. The van der Waals surface area contributed by atoms with Crippen molar-refractivity contribution in [1.82, 2.24) is 4.90 Å². The van der Waals surface area contributed by atoms with E-state index in [0.717, 1.165) is 5.56 Å². The zero-order chi connectivity index (χ0) is 21.7. The molecular formula is C22H22ClFN2O4. The van der Waals surface area contributed by atoms with Gasteiger partial charge in [-0.2, -0.15) is 0 Å². The van der Waals surface area contributed by atoms with Crippen LogP contribution >= 0.6 is 11.6 Å². The van der Waals surface area contributed by atoms with Crippen LogP contribution in [0.2, 0.25) is 5.02 Å². The van der Waals surface area contributed by atoms with Crippen molar-refractivity contribution in [3.8, 4) is 5.75 Å². The van der Waals surface area contributed by atoms with Gasteiger partial charge in [-0.1, -0.05) is 23.7 Å². The molecule has 0 aromatic heterocycles. The van der Waals surface area contributed by atoms with E-state index in [1.807, 2.05) is 0 Å². The number of ketones is 1. The van der Waals surface area contributed by atoms with Crippen LogP contribution in [0.25, 0.3) is 0 Å². The number of ether oxygens (including phenoxy) is 1. The fourth-order valence-electron chi connectivity index (χ4n) is 3.12. The molecule has 8 heteroatoms. The quantitative estimate of drug-likeness (QED) is 0.653. The first-order valence-corrected chi connectivity index (χ1v) is 9.86. The summed E-state index contributed by atoms with van der Waals surface area (Å²) in [6, 6.07) is 8.04. The Kier molecular flexibility index (Phi) is 7.07. The van der Waals surface area contributed by atoms with Crippen LogP contribution in [0.3, 0.4) is 0 Å². The molecule has 2 aromatic rings. The molecule has 2 N–H and O–H groups in total. The number of rotatable bonds is 6. The van der Waals surface area contributed by atoms with E-state index in [1.165, 1.54) is 29.3 Å². The molecule has 0 saturated carbocycles. The van der Waals surface area contributed by atoms with E-state index < -0.39 is 17.9 Å². The van der Waals surface area contributed by atoms with Crippen molar-refractivity contribution < 1.29 is 23.8 Å². The van der Waals surface area contributed by atoms with Crippen molar-refractivity contribution in [3.63, 3.8) is 0 Å². The van der Waals surface area contributed by atoms with Crippen LogP contribution in [0.15, 0.2) is 48.7 Å². The first kappa shape index (κ1) is 21.8. The Morgan fingerprint density at radius 1 is 1.33 bits per heavy atom. The molecule has 2 aromatic carbocycles. The van der Waals surface area contributed by atoms with Crippen molar-refractivity contribution in [2.75, 3.05) is 18.5 Å². The van der Waals surface area contributed by atoms with Crippen LogP contribution in [0.1, 0.15) is 30.0 Å². The van der Waals surface area contributed by atoms with E-state index in [-0.39, 0.29) is 25.4 Å². The molecule has 3 rings (SSSR count). The Morgan fingerprint density at radius 3 is 2.77 bits per heavy atom. The minimum Gasteiger partial charge on any atom is -0.492 e. The number of nitrogens with one attached hydrogen (secondary N) is 1. The Bertz CT molecular complexity index is 962. The highest BCUT2D eigenvalue weighted by Gasteiger charge is 2.29.